The smallest absolute Gasteiger partial charge is 0.480 e. The molecule has 33 heavy (non-hydrogen) atoms. The topological polar surface area (TPSA) is 116 Å². The molecule has 1 amide bonds. The van der Waals surface area contributed by atoms with Gasteiger partial charge >= 0.3 is 6.36 Å². The number of alkyl halides is 3. The van der Waals surface area contributed by atoms with Crippen molar-refractivity contribution in [1.29, 1.82) is 0 Å². The summed E-state index contributed by atoms with van der Waals surface area (Å²) in [4.78, 5) is 12.3. The molecule has 1 saturated carbocycles. The van der Waals surface area contributed by atoms with Gasteiger partial charge in [-0.25, -0.2) is 0 Å². The average molecular weight is 492 g/mol. The Morgan fingerprint density at radius 3 is 2.82 bits per heavy atom. The summed E-state index contributed by atoms with van der Waals surface area (Å²) < 4.78 is 56.9. The second kappa shape index (κ2) is 9.84. The molecule has 1 fully saturated rings. The fraction of sp³-hybridized carbons (Fsp3) is 0.550. The molecule has 0 spiro atoms. The Kier molecular flexibility index (Phi) is 7.07. The van der Waals surface area contributed by atoms with E-state index in [1.807, 2.05) is 0 Å². The number of halogens is 4. The van der Waals surface area contributed by atoms with Gasteiger partial charge in [-0.2, -0.15) is 0 Å². The summed E-state index contributed by atoms with van der Waals surface area (Å²) in [5.74, 6) is 0.178. The van der Waals surface area contributed by atoms with Gasteiger partial charge in [0.15, 0.2) is 6.10 Å². The Morgan fingerprint density at radius 2 is 2.06 bits per heavy atom. The van der Waals surface area contributed by atoms with Gasteiger partial charge < -0.3 is 24.3 Å². The Labute approximate surface area is 191 Å². The van der Waals surface area contributed by atoms with Crippen LogP contribution in [0.15, 0.2) is 22.6 Å². The van der Waals surface area contributed by atoms with Crippen molar-refractivity contribution in [3.05, 3.63) is 40.6 Å². The molecule has 2 unspecified atom stereocenters. The molecule has 0 bridgehead atoms. The van der Waals surface area contributed by atoms with Gasteiger partial charge in [-0.15, -0.1) is 23.4 Å². The molecule has 180 valence electrons. The lowest BCUT2D eigenvalue weighted by Gasteiger charge is -2.32. The fourth-order valence-corrected chi connectivity index (χ4v) is 3.82. The van der Waals surface area contributed by atoms with Gasteiger partial charge in [0.1, 0.15) is 12.4 Å². The first-order valence-corrected chi connectivity index (χ1v) is 10.6. The van der Waals surface area contributed by atoms with Crippen LogP contribution in [0.4, 0.5) is 13.2 Å². The van der Waals surface area contributed by atoms with E-state index in [9.17, 15) is 23.1 Å². The number of hydrogen-bond donors (Lipinski definition) is 2. The predicted molar refractivity (Wildman–Crippen MR) is 105 cm³/mol. The van der Waals surface area contributed by atoms with Crippen LogP contribution in [0.25, 0.3) is 0 Å². The van der Waals surface area contributed by atoms with Crippen LogP contribution in [-0.4, -0.2) is 52.9 Å². The summed E-state index contributed by atoms with van der Waals surface area (Å²) in [5.41, 5.74) is 0.541. The maximum atomic E-state index is 12.3. The average Bonchev–Trinajstić information content (AvgIpc) is 3.18. The zero-order valence-corrected chi connectivity index (χ0v) is 17.9. The Morgan fingerprint density at radius 1 is 1.27 bits per heavy atom. The van der Waals surface area contributed by atoms with E-state index in [-0.39, 0.29) is 62.6 Å². The number of ether oxygens (including phenoxy) is 3. The molecule has 2 aromatic rings. The van der Waals surface area contributed by atoms with Crippen molar-refractivity contribution in [3.8, 4) is 5.75 Å². The molecular formula is C20H21ClF3N3O6. The monoisotopic (exact) mass is 491 g/mol. The van der Waals surface area contributed by atoms with Crippen molar-refractivity contribution in [2.24, 2.45) is 0 Å². The van der Waals surface area contributed by atoms with Gasteiger partial charge in [-0.3, -0.25) is 9.53 Å². The molecule has 1 aromatic heterocycles. The third kappa shape index (κ3) is 6.14. The predicted octanol–water partition coefficient (Wildman–Crippen LogP) is 3.02. The maximum absolute atomic E-state index is 12.3. The van der Waals surface area contributed by atoms with E-state index in [0.717, 1.165) is 0 Å². The first kappa shape index (κ1) is 23.7. The van der Waals surface area contributed by atoms with Gasteiger partial charge in [-0.05, 0) is 31.0 Å². The number of carbonyl (C=O) groups excluding carboxylic acids is 1. The highest BCUT2D eigenvalue weighted by molar-refractivity contribution is 6.30. The van der Waals surface area contributed by atoms with E-state index in [0.29, 0.717) is 16.3 Å². The minimum atomic E-state index is -4.65. The normalized spacial score (nSPS) is 24.5. The van der Waals surface area contributed by atoms with Crippen LogP contribution in [0.1, 0.15) is 48.6 Å². The van der Waals surface area contributed by atoms with E-state index in [4.69, 9.17) is 25.5 Å². The van der Waals surface area contributed by atoms with Crippen molar-refractivity contribution in [2.75, 3.05) is 13.2 Å². The number of rotatable bonds is 8. The van der Waals surface area contributed by atoms with Crippen molar-refractivity contribution < 1.29 is 41.7 Å². The zero-order valence-electron chi connectivity index (χ0n) is 17.2. The summed E-state index contributed by atoms with van der Waals surface area (Å²) in [7, 11) is 0. The first-order valence-electron chi connectivity index (χ1n) is 10.2. The van der Waals surface area contributed by atoms with E-state index in [2.05, 4.69) is 20.3 Å². The number of hydrogen-bond acceptors (Lipinski definition) is 8. The lowest BCUT2D eigenvalue weighted by Crippen LogP contribution is -2.42. The van der Waals surface area contributed by atoms with E-state index in [1.165, 1.54) is 0 Å². The van der Waals surface area contributed by atoms with Crippen molar-refractivity contribution in [2.45, 2.75) is 56.5 Å². The largest absolute Gasteiger partial charge is 0.522 e. The van der Waals surface area contributed by atoms with Crippen LogP contribution in [-0.2, 0) is 20.9 Å². The number of nitrogens with one attached hydrogen (secondary N) is 1. The van der Waals surface area contributed by atoms with Crippen LogP contribution in [0.5, 0.6) is 5.75 Å². The third-order valence-corrected chi connectivity index (χ3v) is 5.56. The molecule has 0 saturated heterocycles. The quantitative estimate of drug-likeness (QED) is 0.541. The Balaban J connectivity index is 1.14. The number of nitrogens with zero attached hydrogens (tertiary/aromatic N) is 2. The lowest BCUT2D eigenvalue weighted by molar-refractivity contribution is -0.352. The SMILES string of the molecule is O=C(NCCOCc1nnc(C2CC(OC(F)(F)F)C2)o1)C1CC(O)c2cc(Cl)ccc2O1. The van der Waals surface area contributed by atoms with E-state index >= 15 is 0 Å². The van der Waals surface area contributed by atoms with Gasteiger partial charge in [0.25, 0.3) is 5.91 Å². The molecule has 2 N–H and O–H groups in total. The molecule has 1 aromatic carbocycles. The molecule has 1 aliphatic carbocycles. The van der Waals surface area contributed by atoms with Crippen LogP contribution in [0, 0.1) is 0 Å². The first-order chi connectivity index (χ1) is 15.7. The summed E-state index contributed by atoms with van der Waals surface area (Å²) in [6.45, 7) is 0.322. The maximum Gasteiger partial charge on any atom is 0.522 e. The minimum Gasteiger partial charge on any atom is -0.480 e. The van der Waals surface area contributed by atoms with Gasteiger partial charge in [0.05, 0.1) is 18.8 Å². The Hall–Kier alpha value is -2.41. The molecule has 4 rings (SSSR count). The lowest BCUT2D eigenvalue weighted by atomic mass is 9.82. The highest BCUT2D eigenvalue weighted by Crippen LogP contribution is 2.40. The van der Waals surface area contributed by atoms with Crippen molar-refractivity contribution in [3.63, 3.8) is 0 Å². The second-order valence-corrected chi connectivity index (χ2v) is 8.21. The van der Waals surface area contributed by atoms with Gasteiger partial charge in [0.2, 0.25) is 11.8 Å². The van der Waals surface area contributed by atoms with Gasteiger partial charge in [0, 0.05) is 29.5 Å². The zero-order chi connectivity index (χ0) is 23.6. The summed E-state index contributed by atoms with van der Waals surface area (Å²) in [6.07, 6.45) is -6.85. The molecular weight excluding hydrogens is 471 g/mol. The van der Waals surface area contributed by atoms with Crippen LogP contribution in [0.2, 0.25) is 5.02 Å². The second-order valence-electron chi connectivity index (χ2n) is 7.77. The number of carbonyl (C=O) groups is 1. The standard InChI is InChI=1S/C20H21ClF3N3O6/c21-11-1-2-15-13(7-11)14(28)8-16(31-15)18(29)25-3-4-30-9-17-26-27-19(32-17)10-5-12(6-10)33-20(22,23)24/h1-2,7,10,12,14,16,28H,3-6,8-9H2,(H,25,29). The molecule has 2 atom stereocenters. The number of aliphatic hydroxyl groups excluding tert-OH is 1. The van der Waals surface area contributed by atoms with Crippen LogP contribution >= 0.6 is 11.6 Å². The summed E-state index contributed by atoms with van der Waals surface area (Å²) >= 11 is 5.92. The number of benzene rings is 1. The number of aromatic nitrogens is 2. The highest BCUT2D eigenvalue weighted by atomic mass is 35.5. The molecule has 0 radical (unpaired) electrons. The number of aliphatic hydroxyl groups is 1. The minimum absolute atomic E-state index is 0.00908. The molecule has 1 aliphatic heterocycles. The van der Waals surface area contributed by atoms with Crippen molar-refractivity contribution >= 4 is 17.5 Å². The van der Waals surface area contributed by atoms with E-state index in [1.54, 1.807) is 18.2 Å². The molecule has 13 heteroatoms. The van der Waals surface area contributed by atoms with Crippen LogP contribution in [0.3, 0.4) is 0 Å². The highest BCUT2D eigenvalue weighted by Gasteiger charge is 2.42. The number of fused-ring (bicyclic) bond motifs is 1. The van der Waals surface area contributed by atoms with Gasteiger partial charge in [-0.1, -0.05) is 11.6 Å². The van der Waals surface area contributed by atoms with Crippen LogP contribution < -0.4 is 10.1 Å². The molecule has 2 heterocycles. The molecule has 9 nitrogen and oxygen atoms in total. The number of amides is 1. The third-order valence-electron chi connectivity index (χ3n) is 5.33. The summed E-state index contributed by atoms with van der Waals surface area (Å²) in [6, 6.07) is 4.82. The Bertz CT molecular complexity index is 982. The fourth-order valence-electron chi connectivity index (χ4n) is 3.64. The van der Waals surface area contributed by atoms with Crippen molar-refractivity contribution in [1.82, 2.24) is 15.5 Å². The van der Waals surface area contributed by atoms with E-state index < -0.39 is 24.7 Å². The molecule has 2 aliphatic rings. The summed E-state index contributed by atoms with van der Waals surface area (Å²) in [5, 5.41) is 21.0.